The van der Waals surface area contributed by atoms with Crippen LogP contribution in [0.4, 0.5) is 0 Å². The summed E-state index contributed by atoms with van der Waals surface area (Å²) in [5.41, 5.74) is 0. The molecule has 0 spiro atoms. The van der Waals surface area contributed by atoms with E-state index in [0.717, 1.165) is 0 Å². The Kier molecular flexibility index (Phi) is 26.2. The van der Waals surface area contributed by atoms with Gasteiger partial charge < -0.3 is 53.1 Å². The Balaban J connectivity index is 3.10. The maximum atomic E-state index is 11.3. The van der Waals surface area contributed by atoms with Crippen LogP contribution in [0.15, 0.2) is 0 Å². The second-order valence-corrected chi connectivity index (χ2v) is 6.86. The molecular weight excluding hydrogens is 486 g/mol. The van der Waals surface area contributed by atoms with Crippen molar-refractivity contribution in [2.75, 3.05) is 119 Å². The molecule has 0 unspecified atom stereocenters. The average molecular weight is 528 g/mol. The Bertz CT molecular complexity index is 536. The molecule has 0 fully saturated rings. The number of rotatable bonds is 28. The molecule has 2 N–H and O–H groups in total. The highest BCUT2D eigenvalue weighted by Crippen LogP contribution is 1.86. The lowest BCUT2D eigenvalue weighted by Gasteiger charge is -2.09. The quantitative estimate of drug-likeness (QED) is 0.0929. The molecule has 0 aromatic carbocycles. The minimum atomic E-state index is -1.12. The first kappa shape index (κ1) is 34.1. The van der Waals surface area contributed by atoms with Crippen LogP contribution in [0.1, 0.15) is 6.92 Å². The molecule has 0 bridgehead atoms. The van der Waals surface area contributed by atoms with Crippen LogP contribution in [-0.4, -0.2) is 142 Å². The van der Waals surface area contributed by atoms with Crippen LogP contribution in [0, 0.1) is 0 Å². The van der Waals surface area contributed by atoms with Crippen molar-refractivity contribution in [3.63, 3.8) is 0 Å². The predicted molar refractivity (Wildman–Crippen MR) is 124 cm³/mol. The number of carboxylic acid groups (broad SMARTS) is 1. The lowest BCUT2D eigenvalue weighted by Crippen LogP contribution is -2.31. The molecule has 0 saturated carbocycles. The molecule has 14 heteroatoms. The fraction of sp³-hybridized carbons (Fsp3) is 0.864. The molecule has 0 heterocycles. The van der Waals surface area contributed by atoms with Crippen LogP contribution in [0.25, 0.3) is 0 Å². The Labute approximate surface area is 211 Å². The van der Waals surface area contributed by atoms with Crippen molar-refractivity contribution in [2.45, 2.75) is 6.92 Å². The van der Waals surface area contributed by atoms with Crippen LogP contribution >= 0.6 is 0 Å². The third kappa shape index (κ3) is 30.1. The van der Waals surface area contributed by atoms with Gasteiger partial charge in [-0.3, -0.25) is 9.59 Å². The summed E-state index contributed by atoms with van der Waals surface area (Å²) >= 11 is 0. The molecule has 1 amide bonds. The first-order valence-electron chi connectivity index (χ1n) is 11.8. The smallest absolute Gasteiger partial charge is 0.329 e. The number of ether oxygens (including phenoxy) is 9. The van der Waals surface area contributed by atoms with Gasteiger partial charge in [0.2, 0.25) is 5.91 Å². The van der Waals surface area contributed by atoms with Gasteiger partial charge in [-0.1, -0.05) is 0 Å². The van der Waals surface area contributed by atoms with Gasteiger partial charge in [-0.05, 0) is 0 Å². The molecule has 0 aromatic rings. The zero-order valence-electron chi connectivity index (χ0n) is 21.1. The molecule has 0 radical (unpaired) electrons. The SMILES string of the molecule is CC(=O)OCCOCCOCCOCCOCCOCCOCCOCCNC(=O)COCC(=O)O. The van der Waals surface area contributed by atoms with Crippen LogP contribution < -0.4 is 5.32 Å². The molecule has 0 aliphatic heterocycles. The first-order chi connectivity index (χ1) is 17.5. The number of hydrogen-bond donors (Lipinski definition) is 2. The van der Waals surface area contributed by atoms with E-state index in [2.05, 4.69) is 10.1 Å². The van der Waals surface area contributed by atoms with Crippen molar-refractivity contribution in [1.82, 2.24) is 5.32 Å². The van der Waals surface area contributed by atoms with E-state index in [1.54, 1.807) is 0 Å². The van der Waals surface area contributed by atoms with Crippen molar-refractivity contribution in [3.05, 3.63) is 0 Å². The van der Waals surface area contributed by atoms with Gasteiger partial charge in [0.25, 0.3) is 0 Å². The average Bonchev–Trinajstić information content (AvgIpc) is 2.83. The van der Waals surface area contributed by atoms with Gasteiger partial charge in [0, 0.05) is 13.5 Å². The molecule has 0 atom stereocenters. The van der Waals surface area contributed by atoms with E-state index in [1.807, 2.05) is 0 Å². The summed E-state index contributed by atoms with van der Waals surface area (Å²) < 4.78 is 46.8. The monoisotopic (exact) mass is 527 g/mol. The minimum Gasteiger partial charge on any atom is -0.480 e. The molecule has 14 nitrogen and oxygen atoms in total. The van der Waals surface area contributed by atoms with Crippen LogP contribution in [0.5, 0.6) is 0 Å². The van der Waals surface area contributed by atoms with E-state index in [4.69, 9.17) is 43.0 Å². The third-order valence-corrected chi connectivity index (χ3v) is 3.79. The third-order valence-electron chi connectivity index (χ3n) is 3.79. The standard InChI is InChI=1S/C22H41NO13/c1-20(24)36-17-16-34-15-14-33-13-12-32-11-10-31-9-8-30-7-6-29-5-4-28-3-2-23-21(25)18-35-19-22(26)27/h2-19H2,1H3,(H,23,25)(H,26,27). The maximum absolute atomic E-state index is 11.3. The Morgan fingerprint density at radius 2 is 0.889 bits per heavy atom. The molecule has 36 heavy (non-hydrogen) atoms. The highest BCUT2D eigenvalue weighted by atomic mass is 16.6. The van der Waals surface area contributed by atoms with Gasteiger partial charge in [0.05, 0.1) is 92.5 Å². The van der Waals surface area contributed by atoms with E-state index in [1.165, 1.54) is 6.92 Å². The Hall–Kier alpha value is -1.91. The van der Waals surface area contributed by atoms with Crippen molar-refractivity contribution >= 4 is 17.8 Å². The molecule has 212 valence electrons. The first-order valence-corrected chi connectivity index (χ1v) is 11.8. The highest BCUT2D eigenvalue weighted by molar-refractivity contribution is 5.77. The second-order valence-electron chi connectivity index (χ2n) is 6.86. The van der Waals surface area contributed by atoms with Crippen molar-refractivity contribution in [3.8, 4) is 0 Å². The number of hydrogen-bond acceptors (Lipinski definition) is 12. The molecular formula is C22H41NO13. The number of amides is 1. The normalized spacial score (nSPS) is 10.9. The topological polar surface area (TPSA) is 167 Å². The van der Waals surface area contributed by atoms with Crippen LogP contribution in [-0.2, 0) is 57.0 Å². The minimum absolute atomic E-state index is 0.246. The van der Waals surface area contributed by atoms with Gasteiger partial charge in [-0.2, -0.15) is 0 Å². The van der Waals surface area contributed by atoms with Gasteiger partial charge in [-0.15, -0.1) is 0 Å². The molecule has 0 aliphatic carbocycles. The highest BCUT2D eigenvalue weighted by Gasteiger charge is 2.03. The number of carbonyl (C=O) groups excluding carboxylic acids is 2. The summed E-state index contributed by atoms with van der Waals surface area (Å²) in [6.45, 7) is 7.06. The lowest BCUT2D eigenvalue weighted by molar-refractivity contribution is -0.144. The number of carbonyl (C=O) groups is 3. The van der Waals surface area contributed by atoms with Gasteiger partial charge in [-0.25, -0.2) is 4.79 Å². The van der Waals surface area contributed by atoms with Crippen molar-refractivity contribution < 1.29 is 62.1 Å². The van der Waals surface area contributed by atoms with E-state index in [0.29, 0.717) is 99.0 Å². The number of nitrogens with one attached hydrogen (secondary N) is 1. The number of carboxylic acids is 1. The zero-order valence-corrected chi connectivity index (χ0v) is 21.1. The van der Waals surface area contributed by atoms with Gasteiger partial charge in [0.1, 0.15) is 19.8 Å². The summed E-state index contributed by atoms with van der Waals surface area (Å²) in [5, 5.41) is 10.9. The van der Waals surface area contributed by atoms with Crippen LogP contribution in [0.2, 0.25) is 0 Å². The molecule has 0 aromatic heterocycles. The number of esters is 1. The van der Waals surface area contributed by atoms with Gasteiger partial charge >= 0.3 is 11.9 Å². The largest absolute Gasteiger partial charge is 0.480 e. The number of aliphatic carboxylic acids is 1. The second kappa shape index (κ2) is 27.7. The summed E-state index contributed by atoms with van der Waals surface area (Å²) in [4.78, 5) is 32.1. The maximum Gasteiger partial charge on any atom is 0.329 e. The van der Waals surface area contributed by atoms with E-state index in [9.17, 15) is 14.4 Å². The van der Waals surface area contributed by atoms with E-state index >= 15 is 0 Å². The molecule has 0 saturated heterocycles. The summed E-state index contributed by atoms with van der Waals surface area (Å²) in [7, 11) is 0. The lowest BCUT2D eigenvalue weighted by atomic mass is 10.6. The summed E-state index contributed by atoms with van der Waals surface area (Å²) in [6, 6.07) is 0. The Morgan fingerprint density at radius 1 is 0.528 bits per heavy atom. The molecule has 0 rings (SSSR count). The fourth-order valence-corrected chi connectivity index (χ4v) is 2.21. The van der Waals surface area contributed by atoms with Crippen molar-refractivity contribution in [1.29, 1.82) is 0 Å². The summed E-state index contributed by atoms with van der Waals surface area (Å²) in [5.74, 6) is -1.85. The predicted octanol–water partition coefficient (Wildman–Crippen LogP) is -1.12. The summed E-state index contributed by atoms with van der Waals surface area (Å²) in [6.07, 6.45) is 0. The fourth-order valence-electron chi connectivity index (χ4n) is 2.21. The van der Waals surface area contributed by atoms with Gasteiger partial charge in [0.15, 0.2) is 0 Å². The van der Waals surface area contributed by atoms with E-state index < -0.39 is 18.5 Å². The van der Waals surface area contributed by atoms with E-state index in [-0.39, 0.29) is 19.2 Å². The molecule has 0 aliphatic rings. The van der Waals surface area contributed by atoms with Crippen LogP contribution in [0.3, 0.4) is 0 Å². The van der Waals surface area contributed by atoms with Crippen molar-refractivity contribution in [2.24, 2.45) is 0 Å². The zero-order chi connectivity index (χ0) is 26.5. The Morgan fingerprint density at radius 3 is 1.25 bits per heavy atom.